The molecule has 0 aromatic carbocycles. The summed E-state index contributed by atoms with van der Waals surface area (Å²) in [5.74, 6) is -0.163. The normalized spacial score (nSPS) is 11.8. The van der Waals surface area contributed by atoms with Gasteiger partial charge in [-0.1, -0.05) is 207 Å². The molecule has 0 unspecified atom stereocenters. The molecule has 0 amide bonds. The highest BCUT2D eigenvalue weighted by molar-refractivity contribution is 5.69. The lowest BCUT2D eigenvalue weighted by Gasteiger charge is -2.22. The second kappa shape index (κ2) is 56.7. The average Bonchev–Trinajstić information content (AvgIpc) is 3.34. The summed E-state index contributed by atoms with van der Waals surface area (Å²) in [5.41, 5.74) is 0. The Bertz CT molecular complexity index is 886. The van der Waals surface area contributed by atoms with Crippen LogP contribution < -0.4 is 0 Å². The Morgan fingerprint density at radius 1 is 0.279 bits per heavy atom. The number of ether oxygens (including phenoxy) is 2. The fourth-order valence-corrected chi connectivity index (χ4v) is 9.63. The van der Waals surface area contributed by atoms with Gasteiger partial charge in [-0.3, -0.25) is 9.59 Å². The maximum atomic E-state index is 12.5. The minimum Gasteiger partial charge on any atom is -0.466 e. The first kappa shape index (κ1) is 66.8. The Morgan fingerprint density at radius 2 is 0.485 bits per heavy atom. The van der Waals surface area contributed by atoms with Crippen molar-refractivity contribution in [3.63, 3.8) is 0 Å². The Hall–Kier alpha value is -1.22. The Kier molecular flexibility index (Phi) is 55.7. The number of hydrogen-bond donors (Lipinski definition) is 1. The molecule has 0 saturated heterocycles. The fraction of sp³-hybridized carbons (Fsp3) is 0.967. The van der Waals surface area contributed by atoms with E-state index in [0.717, 1.165) is 77.5 Å². The molecule has 0 bridgehead atoms. The molecular formula is C60H121N3O5. The van der Waals surface area contributed by atoms with E-state index in [1.165, 1.54) is 232 Å². The first-order chi connectivity index (χ1) is 33.5. The average molecular weight is 965 g/mol. The summed E-state index contributed by atoms with van der Waals surface area (Å²) in [5, 5.41) is 9.67. The molecule has 0 spiro atoms. The molecule has 1 N–H and O–H groups in total. The number of aliphatic hydroxyl groups is 1. The van der Waals surface area contributed by atoms with Gasteiger partial charge < -0.3 is 29.3 Å². The minimum absolute atomic E-state index is 0.0816. The van der Waals surface area contributed by atoms with Gasteiger partial charge in [-0.2, -0.15) is 0 Å². The van der Waals surface area contributed by atoms with Crippen molar-refractivity contribution in [2.24, 2.45) is 0 Å². The highest BCUT2D eigenvalue weighted by atomic mass is 16.5. The number of esters is 2. The van der Waals surface area contributed by atoms with Crippen LogP contribution in [0, 0.1) is 0 Å². The molecule has 0 atom stereocenters. The largest absolute Gasteiger partial charge is 0.466 e. The second-order valence-corrected chi connectivity index (χ2v) is 20.9. The van der Waals surface area contributed by atoms with Gasteiger partial charge in [-0.05, 0) is 129 Å². The van der Waals surface area contributed by atoms with Gasteiger partial charge >= 0.3 is 11.9 Å². The predicted molar refractivity (Wildman–Crippen MR) is 295 cm³/mol. The van der Waals surface area contributed by atoms with E-state index in [2.05, 4.69) is 42.4 Å². The number of carbonyl (C=O) groups is 2. The third kappa shape index (κ3) is 51.1. The van der Waals surface area contributed by atoms with Crippen molar-refractivity contribution in [2.75, 3.05) is 78.7 Å². The quantitative estimate of drug-likeness (QED) is 0.0477. The molecule has 8 nitrogen and oxygen atoms in total. The number of hydrogen-bond acceptors (Lipinski definition) is 8. The number of aliphatic hydroxyl groups excluding tert-OH is 1. The molecular weight excluding hydrogens is 843 g/mol. The lowest BCUT2D eigenvalue weighted by molar-refractivity contribution is -0.144. The summed E-state index contributed by atoms with van der Waals surface area (Å²) in [7, 11) is 0. The summed E-state index contributed by atoms with van der Waals surface area (Å²) in [4.78, 5) is 32.7. The first-order valence-corrected chi connectivity index (χ1v) is 30.6. The van der Waals surface area contributed by atoms with Gasteiger partial charge in [0.05, 0.1) is 19.8 Å². The number of rotatable bonds is 58. The number of unbranched alkanes of at least 4 members (excludes halogenated alkanes) is 32. The van der Waals surface area contributed by atoms with Crippen LogP contribution in [0.4, 0.5) is 0 Å². The minimum atomic E-state index is -0.0816. The zero-order valence-electron chi connectivity index (χ0n) is 46.6. The zero-order valence-corrected chi connectivity index (χ0v) is 46.6. The van der Waals surface area contributed by atoms with Crippen LogP contribution in [-0.4, -0.2) is 110 Å². The van der Waals surface area contributed by atoms with Gasteiger partial charge in [0.2, 0.25) is 0 Å². The van der Waals surface area contributed by atoms with Crippen LogP contribution in [0.3, 0.4) is 0 Å². The van der Waals surface area contributed by atoms with Crippen LogP contribution in [0.25, 0.3) is 0 Å². The maximum absolute atomic E-state index is 12.5. The van der Waals surface area contributed by atoms with Crippen LogP contribution in [0.5, 0.6) is 0 Å². The lowest BCUT2D eigenvalue weighted by Crippen LogP contribution is -2.29. The molecule has 0 rings (SSSR count). The third-order valence-electron chi connectivity index (χ3n) is 14.2. The topological polar surface area (TPSA) is 82.6 Å². The SMILES string of the molecule is CCCCCCCCCCN(CCCCCCCCCC)CCCCOC(=O)CCCCN(CCO)CCCCC(=O)OCCCCN(CCCCCCCCCC)CCCCCCCCCC. The molecule has 0 aromatic rings. The second-order valence-electron chi connectivity index (χ2n) is 20.9. The molecule has 0 aliphatic rings. The smallest absolute Gasteiger partial charge is 0.305 e. The van der Waals surface area contributed by atoms with Crippen LogP contribution in [0.1, 0.15) is 297 Å². The summed E-state index contributed by atoms with van der Waals surface area (Å²) in [6.07, 6.45) is 52.1. The number of carbonyl (C=O) groups excluding carboxylic acids is 2. The molecule has 0 fully saturated rings. The highest BCUT2D eigenvalue weighted by Gasteiger charge is 2.11. The van der Waals surface area contributed by atoms with Gasteiger partial charge in [0.1, 0.15) is 0 Å². The van der Waals surface area contributed by atoms with E-state index in [-0.39, 0.29) is 18.5 Å². The summed E-state index contributed by atoms with van der Waals surface area (Å²) in [6, 6.07) is 0. The van der Waals surface area contributed by atoms with Crippen molar-refractivity contribution >= 4 is 11.9 Å². The predicted octanol–water partition coefficient (Wildman–Crippen LogP) is 16.4. The lowest BCUT2D eigenvalue weighted by atomic mass is 10.1. The van der Waals surface area contributed by atoms with Gasteiger partial charge in [0.25, 0.3) is 0 Å². The van der Waals surface area contributed by atoms with E-state index in [4.69, 9.17) is 9.47 Å². The van der Waals surface area contributed by atoms with Crippen LogP contribution in [-0.2, 0) is 19.1 Å². The first-order valence-electron chi connectivity index (χ1n) is 30.6. The summed E-state index contributed by atoms with van der Waals surface area (Å²) >= 11 is 0. The molecule has 68 heavy (non-hydrogen) atoms. The monoisotopic (exact) mass is 964 g/mol. The molecule has 0 saturated carbocycles. The fourth-order valence-electron chi connectivity index (χ4n) is 9.63. The van der Waals surface area contributed by atoms with Crippen molar-refractivity contribution in [3.05, 3.63) is 0 Å². The van der Waals surface area contributed by atoms with E-state index in [0.29, 0.717) is 32.6 Å². The molecule has 8 heteroatoms. The molecule has 0 radical (unpaired) electrons. The molecule has 0 aliphatic heterocycles. The molecule has 406 valence electrons. The molecule has 0 heterocycles. The van der Waals surface area contributed by atoms with E-state index in [1.807, 2.05) is 0 Å². The van der Waals surface area contributed by atoms with Crippen LogP contribution in [0.15, 0.2) is 0 Å². The van der Waals surface area contributed by atoms with E-state index >= 15 is 0 Å². The van der Waals surface area contributed by atoms with E-state index in [9.17, 15) is 14.7 Å². The number of nitrogens with zero attached hydrogens (tertiary/aromatic N) is 3. The van der Waals surface area contributed by atoms with Crippen LogP contribution >= 0.6 is 0 Å². The van der Waals surface area contributed by atoms with Gasteiger partial charge in [-0.25, -0.2) is 0 Å². The van der Waals surface area contributed by atoms with Gasteiger partial charge in [0, 0.05) is 19.4 Å². The van der Waals surface area contributed by atoms with Crippen molar-refractivity contribution in [1.29, 1.82) is 0 Å². The molecule has 0 aromatic heterocycles. The van der Waals surface area contributed by atoms with Crippen molar-refractivity contribution in [1.82, 2.24) is 14.7 Å². The van der Waals surface area contributed by atoms with Gasteiger partial charge in [-0.15, -0.1) is 0 Å². The third-order valence-corrected chi connectivity index (χ3v) is 14.2. The van der Waals surface area contributed by atoms with Crippen molar-refractivity contribution in [2.45, 2.75) is 297 Å². The zero-order chi connectivity index (χ0) is 49.5. The summed E-state index contributed by atoms with van der Waals surface area (Å²) < 4.78 is 11.3. The van der Waals surface area contributed by atoms with Crippen molar-refractivity contribution < 1.29 is 24.2 Å². The Morgan fingerprint density at radius 3 is 0.735 bits per heavy atom. The standard InChI is InChI=1S/C60H121N3O5/c1-5-9-13-17-21-25-29-35-47-61(48-36-30-26-22-18-14-10-6-2)53-41-43-57-67-59(65)45-33-39-51-63(55-56-64)52-40-34-46-60(66)68-58-44-42-54-62(49-37-31-27-23-19-15-11-7-3)50-38-32-28-24-20-16-12-8-4/h64H,5-58H2,1-4H3. The Labute approximate surface area is 425 Å². The summed E-state index contributed by atoms with van der Waals surface area (Å²) in [6.45, 7) is 19.7. The highest BCUT2D eigenvalue weighted by Crippen LogP contribution is 2.15. The van der Waals surface area contributed by atoms with E-state index in [1.54, 1.807) is 0 Å². The van der Waals surface area contributed by atoms with E-state index < -0.39 is 0 Å². The Balaban J connectivity index is 4.27. The van der Waals surface area contributed by atoms with Gasteiger partial charge in [0.15, 0.2) is 0 Å². The molecule has 0 aliphatic carbocycles. The van der Waals surface area contributed by atoms with Crippen molar-refractivity contribution in [3.8, 4) is 0 Å². The maximum Gasteiger partial charge on any atom is 0.305 e. The van der Waals surface area contributed by atoms with Crippen LogP contribution in [0.2, 0.25) is 0 Å².